The molecule has 1 nitrogen and oxygen atoms in total. The Balaban J connectivity index is 2.52. The molecule has 0 heterocycles. The Kier molecular flexibility index (Phi) is 3.76. The number of halogens is 5. The number of nitrogens with two attached hydrogens (primary N) is 1. The second-order valence-corrected chi connectivity index (χ2v) is 4.90. The Labute approximate surface area is 118 Å². The van der Waals surface area contributed by atoms with E-state index in [1.165, 1.54) is 25.1 Å². The second-order valence-electron chi connectivity index (χ2n) is 4.90. The van der Waals surface area contributed by atoms with E-state index in [4.69, 9.17) is 5.73 Å². The van der Waals surface area contributed by atoms with Crippen molar-refractivity contribution in [3.05, 3.63) is 70.8 Å². The topological polar surface area (TPSA) is 26.0 Å². The SMILES string of the molecule is CC(N)(c1ccc(F)cc1)c1ccc(F)c(C(F)(F)F)c1. The van der Waals surface area contributed by atoms with Gasteiger partial charge in [0.25, 0.3) is 0 Å². The number of hydrogen-bond acceptors (Lipinski definition) is 1. The minimum absolute atomic E-state index is 0.0860. The molecular weight excluding hydrogens is 289 g/mol. The third-order valence-electron chi connectivity index (χ3n) is 3.32. The maximum atomic E-state index is 13.3. The van der Waals surface area contributed by atoms with Crippen LogP contribution in [0.25, 0.3) is 0 Å². The summed E-state index contributed by atoms with van der Waals surface area (Å²) < 4.78 is 64.4. The van der Waals surface area contributed by atoms with Gasteiger partial charge in [-0.3, -0.25) is 0 Å². The minimum Gasteiger partial charge on any atom is -0.318 e. The third-order valence-corrected chi connectivity index (χ3v) is 3.32. The van der Waals surface area contributed by atoms with Crippen LogP contribution < -0.4 is 5.73 Å². The molecule has 2 rings (SSSR count). The fourth-order valence-electron chi connectivity index (χ4n) is 2.03. The van der Waals surface area contributed by atoms with Gasteiger partial charge in [0, 0.05) is 0 Å². The first-order chi connectivity index (χ1) is 9.62. The Morgan fingerprint density at radius 1 is 0.857 bits per heavy atom. The summed E-state index contributed by atoms with van der Waals surface area (Å²) in [5.41, 5.74) is 3.89. The van der Waals surface area contributed by atoms with Crippen molar-refractivity contribution in [1.29, 1.82) is 0 Å². The van der Waals surface area contributed by atoms with Crippen LogP contribution >= 0.6 is 0 Å². The fourth-order valence-corrected chi connectivity index (χ4v) is 2.03. The van der Waals surface area contributed by atoms with E-state index in [2.05, 4.69) is 0 Å². The summed E-state index contributed by atoms with van der Waals surface area (Å²) in [7, 11) is 0. The van der Waals surface area contributed by atoms with Crippen molar-refractivity contribution in [2.75, 3.05) is 0 Å². The van der Waals surface area contributed by atoms with Crippen molar-refractivity contribution in [2.24, 2.45) is 5.73 Å². The molecule has 2 aromatic carbocycles. The monoisotopic (exact) mass is 301 g/mol. The highest BCUT2D eigenvalue weighted by molar-refractivity contribution is 5.40. The molecule has 0 saturated carbocycles. The van der Waals surface area contributed by atoms with Gasteiger partial charge in [-0.15, -0.1) is 0 Å². The second kappa shape index (κ2) is 5.11. The van der Waals surface area contributed by atoms with Gasteiger partial charge in [-0.25, -0.2) is 8.78 Å². The molecule has 6 heteroatoms. The van der Waals surface area contributed by atoms with Gasteiger partial charge in [0.2, 0.25) is 0 Å². The maximum Gasteiger partial charge on any atom is 0.419 e. The molecule has 0 bridgehead atoms. The molecule has 0 aliphatic rings. The summed E-state index contributed by atoms with van der Waals surface area (Å²) in [6, 6.07) is 7.68. The van der Waals surface area contributed by atoms with Gasteiger partial charge in [0.1, 0.15) is 11.6 Å². The van der Waals surface area contributed by atoms with Crippen molar-refractivity contribution in [1.82, 2.24) is 0 Å². The van der Waals surface area contributed by atoms with E-state index < -0.39 is 28.9 Å². The lowest BCUT2D eigenvalue weighted by Crippen LogP contribution is -2.34. The molecule has 0 aliphatic heterocycles. The van der Waals surface area contributed by atoms with Crippen LogP contribution in [0.4, 0.5) is 22.0 Å². The van der Waals surface area contributed by atoms with Crippen LogP contribution in [-0.4, -0.2) is 0 Å². The van der Waals surface area contributed by atoms with Crippen LogP contribution in [0.2, 0.25) is 0 Å². The molecule has 0 radical (unpaired) electrons. The molecule has 1 atom stereocenters. The number of benzene rings is 2. The van der Waals surface area contributed by atoms with Gasteiger partial charge < -0.3 is 5.73 Å². The highest BCUT2D eigenvalue weighted by atomic mass is 19.4. The normalized spacial score (nSPS) is 14.8. The van der Waals surface area contributed by atoms with Crippen molar-refractivity contribution in [3.8, 4) is 0 Å². The lowest BCUT2D eigenvalue weighted by molar-refractivity contribution is -0.140. The van der Waals surface area contributed by atoms with Gasteiger partial charge in [0.15, 0.2) is 0 Å². The van der Waals surface area contributed by atoms with Crippen molar-refractivity contribution in [3.63, 3.8) is 0 Å². The molecule has 0 aliphatic carbocycles. The Hall–Kier alpha value is -1.95. The van der Waals surface area contributed by atoms with E-state index >= 15 is 0 Å². The Morgan fingerprint density at radius 3 is 1.90 bits per heavy atom. The zero-order valence-corrected chi connectivity index (χ0v) is 11.0. The first-order valence-corrected chi connectivity index (χ1v) is 6.04. The largest absolute Gasteiger partial charge is 0.419 e. The number of rotatable bonds is 2. The standard InChI is InChI=1S/C15H12F5N/c1-14(21,9-2-5-11(16)6-3-9)10-4-7-13(17)12(8-10)15(18,19)20/h2-8H,21H2,1H3. The van der Waals surface area contributed by atoms with E-state index in [0.29, 0.717) is 11.6 Å². The van der Waals surface area contributed by atoms with Crippen LogP contribution in [0.1, 0.15) is 23.6 Å². The number of hydrogen-bond donors (Lipinski definition) is 1. The van der Waals surface area contributed by atoms with Crippen LogP contribution in [0, 0.1) is 11.6 Å². The summed E-state index contributed by atoms with van der Waals surface area (Å²) in [6.07, 6.45) is -4.81. The number of alkyl halides is 3. The molecule has 21 heavy (non-hydrogen) atoms. The third kappa shape index (κ3) is 3.05. The van der Waals surface area contributed by atoms with Gasteiger partial charge >= 0.3 is 6.18 Å². The lowest BCUT2D eigenvalue weighted by Gasteiger charge is -2.27. The molecule has 0 spiro atoms. The zero-order chi connectivity index (χ0) is 15.8. The van der Waals surface area contributed by atoms with Crippen LogP contribution in [-0.2, 0) is 11.7 Å². The van der Waals surface area contributed by atoms with E-state index in [9.17, 15) is 22.0 Å². The molecule has 112 valence electrons. The smallest absolute Gasteiger partial charge is 0.318 e. The van der Waals surface area contributed by atoms with E-state index in [-0.39, 0.29) is 5.56 Å². The molecule has 0 fully saturated rings. The van der Waals surface area contributed by atoms with Crippen LogP contribution in [0.15, 0.2) is 42.5 Å². The molecule has 2 N–H and O–H groups in total. The van der Waals surface area contributed by atoms with Gasteiger partial charge in [-0.05, 0) is 42.3 Å². The van der Waals surface area contributed by atoms with Crippen molar-refractivity contribution < 1.29 is 22.0 Å². The molecule has 0 aromatic heterocycles. The van der Waals surface area contributed by atoms with E-state index in [1.807, 2.05) is 0 Å². The summed E-state index contributed by atoms with van der Waals surface area (Å²) in [6.45, 7) is 1.48. The lowest BCUT2D eigenvalue weighted by atomic mass is 9.85. The first-order valence-electron chi connectivity index (χ1n) is 6.04. The van der Waals surface area contributed by atoms with Gasteiger partial charge in [-0.1, -0.05) is 18.2 Å². The van der Waals surface area contributed by atoms with Gasteiger partial charge in [0.05, 0.1) is 11.1 Å². The highest BCUT2D eigenvalue weighted by Gasteiger charge is 2.36. The molecule has 1 unspecified atom stereocenters. The predicted octanol–water partition coefficient (Wildman–Crippen LogP) is 4.21. The average Bonchev–Trinajstić information content (AvgIpc) is 2.38. The quantitative estimate of drug-likeness (QED) is 0.826. The minimum atomic E-state index is -4.81. The summed E-state index contributed by atoms with van der Waals surface area (Å²) in [5.74, 6) is -1.84. The van der Waals surface area contributed by atoms with Crippen molar-refractivity contribution in [2.45, 2.75) is 18.6 Å². The maximum absolute atomic E-state index is 13.3. The molecular formula is C15H12F5N. The van der Waals surface area contributed by atoms with Crippen LogP contribution in [0.5, 0.6) is 0 Å². The molecule has 2 aromatic rings. The Morgan fingerprint density at radius 2 is 1.38 bits per heavy atom. The van der Waals surface area contributed by atoms with Crippen LogP contribution in [0.3, 0.4) is 0 Å². The van der Waals surface area contributed by atoms with Gasteiger partial charge in [-0.2, -0.15) is 13.2 Å². The summed E-state index contributed by atoms with van der Waals surface area (Å²) >= 11 is 0. The first kappa shape index (κ1) is 15.4. The summed E-state index contributed by atoms with van der Waals surface area (Å²) in [4.78, 5) is 0. The average molecular weight is 301 g/mol. The van der Waals surface area contributed by atoms with E-state index in [1.54, 1.807) is 0 Å². The fraction of sp³-hybridized carbons (Fsp3) is 0.200. The van der Waals surface area contributed by atoms with Crippen molar-refractivity contribution >= 4 is 0 Å². The Bertz CT molecular complexity index is 644. The molecule has 0 saturated heterocycles. The highest BCUT2D eigenvalue weighted by Crippen LogP contribution is 2.35. The predicted molar refractivity (Wildman–Crippen MR) is 68.4 cm³/mol. The zero-order valence-electron chi connectivity index (χ0n) is 11.0. The van der Waals surface area contributed by atoms with E-state index in [0.717, 1.165) is 18.2 Å². The summed E-state index contributed by atoms with van der Waals surface area (Å²) in [5, 5.41) is 0. The molecule has 0 amide bonds.